The van der Waals surface area contributed by atoms with E-state index in [9.17, 15) is 9.90 Å². The average Bonchev–Trinajstić information content (AvgIpc) is 2.39. The topological polar surface area (TPSA) is 40.5 Å². The Morgan fingerprint density at radius 1 is 1.21 bits per heavy atom. The third kappa shape index (κ3) is 1.97. The van der Waals surface area contributed by atoms with Crippen molar-refractivity contribution >= 4 is 11.6 Å². The van der Waals surface area contributed by atoms with Gasteiger partial charge >= 0.3 is 0 Å². The molecule has 96 valence electrons. The van der Waals surface area contributed by atoms with Crippen LogP contribution in [-0.2, 0) is 11.2 Å². The molecule has 3 rings (SSSR count). The Morgan fingerprint density at radius 2 is 2.00 bits per heavy atom. The molecule has 0 radical (unpaired) electrons. The van der Waals surface area contributed by atoms with E-state index >= 15 is 0 Å². The molecule has 0 saturated carbocycles. The number of phenolic OH excluding ortho intramolecular Hbond substituents is 1. The number of fused-ring (bicyclic) bond motifs is 1. The molecule has 1 aliphatic rings. The fraction of sp³-hybridized carbons (Fsp3) is 0.188. The Hall–Kier alpha value is -2.29. The third-order valence-corrected chi connectivity index (χ3v) is 3.70. The molecular formula is C16H15NO2. The highest BCUT2D eigenvalue weighted by molar-refractivity contribution is 5.99. The second-order valence-corrected chi connectivity index (χ2v) is 4.87. The molecule has 1 amide bonds. The Balaban J connectivity index is 1.83. The van der Waals surface area contributed by atoms with Crippen molar-refractivity contribution in [1.82, 2.24) is 0 Å². The molecule has 3 heteroatoms. The molecule has 1 unspecified atom stereocenters. The van der Waals surface area contributed by atoms with Crippen molar-refractivity contribution in [2.45, 2.75) is 12.3 Å². The molecule has 0 aliphatic heterocycles. The van der Waals surface area contributed by atoms with Gasteiger partial charge in [-0.05, 0) is 29.7 Å². The fourth-order valence-corrected chi connectivity index (χ4v) is 2.54. The van der Waals surface area contributed by atoms with Gasteiger partial charge in [-0.15, -0.1) is 0 Å². The van der Waals surface area contributed by atoms with Crippen LogP contribution in [0.1, 0.15) is 17.0 Å². The lowest BCUT2D eigenvalue weighted by Crippen LogP contribution is -2.36. The van der Waals surface area contributed by atoms with Gasteiger partial charge in [0.15, 0.2) is 0 Å². The van der Waals surface area contributed by atoms with Crippen LogP contribution in [0.3, 0.4) is 0 Å². The Bertz CT molecular complexity index is 636. The van der Waals surface area contributed by atoms with Gasteiger partial charge in [0.05, 0.1) is 5.92 Å². The first-order chi connectivity index (χ1) is 9.16. The first-order valence-electron chi connectivity index (χ1n) is 6.31. The summed E-state index contributed by atoms with van der Waals surface area (Å²) < 4.78 is 0. The summed E-state index contributed by atoms with van der Waals surface area (Å²) in [5.41, 5.74) is 3.10. The molecule has 0 spiro atoms. The van der Waals surface area contributed by atoms with E-state index < -0.39 is 0 Å². The predicted octanol–water partition coefficient (Wildman–Crippen LogP) is 2.69. The number of carbonyl (C=O) groups is 1. The number of anilines is 1. The highest BCUT2D eigenvalue weighted by Gasteiger charge is 2.33. The van der Waals surface area contributed by atoms with Gasteiger partial charge in [0.25, 0.3) is 0 Å². The van der Waals surface area contributed by atoms with E-state index in [0.717, 1.165) is 17.7 Å². The SMILES string of the molecule is CN(C(=O)C1Cc2ccccc21)c1cccc(O)c1. The van der Waals surface area contributed by atoms with Crippen LogP contribution >= 0.6 is 0 Å². The Labute approximate surface area is 112 Å². The molecule has 19 heavy (non-hydrogen) atoms. The number of nitrogens with zero attached hydrogens (tertiary/aromatic N) is 1. The maximum absolute atomic E-state index is 12.4. The van der Waals surface area contributed by atoms with Gasteiger partial charge in [-0.25, -0.2) is 0 Å². The normalized spacial score (nSPS) is 16.4. The largest absolute Gasteiger partial charge is 0.508 e. The van der Waals surface area contributed by atoms with Crippen molar-refractivity contribution in [2.75, 3.05) is 11.9 Å². The second-order valence-electron chi connectivity index (χ2n) is 4.87. The molecule has 0 saturated heterocycles. The Morgan fingerprint density at radius 3 is 2.74 bits per heavy atom. The fourth-order valence-electron chi connectivity index (χ4n) is 2.54. The summed E-state index contributed by atoms with van der Waals surface area (Å²) in [6.07, 6.45) is 0.804. The van der Waals surface area contributed by atoms with E-state index in [1.807, 2.05) is 24.3 Å². The minimum absolute atomic E-state index is 0.0523. The van der Waals surface area contributed by atoms with E-state index in [1.54, 1.807) is 30.1 Å². The lowest BCUT2D eigenvalue weighted by atomic mass is 9.77. The minimum atomic E-state index is -0.0523. The molecule has 0 fully saturated rings. The van der Waals surface area contributed by atoms with Crippen molar-refractivity contribution in [1.29, 1.82) is 0 Å². The summed E-state index contributed by atoms with van der Waals surface area (Å²) >= 11 is 0. The molecule has 1 N–H and O–H groups in total. The lowest BCUT2D eigenvalue weighted by Gasteiger charge is -2.32. The highest BCUT2D eigenvalue weighted by atomic mass is 16.3. The van der Waals surface area contributed by atoms with E-state index in [0.29, 0.717) is 0 Å². The van der Waals surface area contributed by atoms with Gasteiger partial charge in [-0.1, -0.05) is 30.3 Å². The van der Waals surface area contributed by atoms with Gasteiger partial charge in [0.1, 0.15) is 5.75 Å². The van der Waals surface area contributed by atoms with Crippen LogP contribution in [-0.4, -0.2) is 18.1 Å². The number of hydrogen-bond acceptors (Lipinski definition) is 2. The summed E-state index contributed by atoms with van der Waals surface area (Å²) in [5, 5.41) is 9.47. The first kappa shape index (κ1) is 11.8. The van der Waals surface area contributed by atoms with Crippen LogP contribution in [0.2, 0.25) is 0 Å². The van der Waals surface area contributed by atoms with Crippen LogP contribution in [0.5, 0.6) is 5.75 Å². The van der Waals surface area contributed by atoms with Gasteiger partial charge in [0.2, 0.25) is 5.91 Å². The maximum atomic E-state index is 12.4. The molecule has 0 bridgehead atoms. The number of likely N-dealkylation sites (N-methyl/N-ethyl adjacent to an activating group) is 1. The van der Waals surface area contributed by atoms with E-state index in [4.69, 9.17) is 0 Å². The molecular weight excluding hydrogens is 238 g/mol. The zero-order valence-corrected chi connectivity index (χ0v) is 10.7. The van der Waals surface area contributed by atoms with E-state index in [2.05, 4.69) is 6.07 Å². The van der Waals surface area contributed by atoms with Gasteiger partial charge in [-0.2, -0.15) is 0 Å². The predicted molar refractivity (Wildman–Crippen MR) is 74.4 cm³/mol. The smallest absolute Gasteiger partial charge is 0.234 e. The number of rotatable bonds is 2. The van der Waals surface area contributed by atoms with Gasteiger partial charge in [-0.3, -0.25) is 4.79 Å². The monoisotopic (exact) mass is 253 g/mol. The van der Waals surface area contributed by atoms with Crippen LogP contribution in [0.15, 0.2) is 48.5 Å². The van der Waals surface area contributed by atoms with E-state index in [-0.39, 0.29) is 17.6 Å². The molecule has 0 aromatic heterocycles. The van der Waals surface area contributed by atoms with Gasteiger partial charge < -0.3 is 10.0 Å². The quantitative estimate of drug-likeness (QED) is 0.894. The summed E-state index contributed by atoms with van der Waals surface area (Å²) in [7, 11) is 1.75. The number of phenols is 1. The molecule has 1 atom stereocenters. The van der Waals surface area contributed by atoms with Crippen LogP contribution in [0, 0.1) is 0 Å². The molecule has 0 heterocycles. The number of hydrogen-bond donors (Lipinski definition) is 1. The van der Waals surface area contributed by atoms with Crippen molar-refractivity contribution in [3.8, 4) is 5.75 Å². The van der Waals surface area contributed by atoms with Crippen LogP contribution < -0.4 is 4.90 Å². The number of carbonyl (C=O) groups excluding carboxylic acids is 1. The first-order valence-corrected chi connectivity index (χ1v) is 6.31. The maximum Gasteiger partial charge on any atom is 0.234 e. The molecule has 2 aromatic carbocycles. The Kier molecular flexibility index (Phi) is 2.75. The molecule has 3 nitrogen and oxygen atoms in total. The molecule has 2 aromatic rings. The van der Waals surface area contributed by atoms with Crippen molar-refractivity contribution in [3.63, 3.8) is 0 Å². The number of amides is 1. The summed E-state index contributed by atoms with van der Waals surface area (Å²) in [6.45, 7) is 0. The lowest BCUT2D eigenvalue weighted by molar-refractivity contribution is -0.120. The second kappa shape index (κ2) is 4.43. The molecule has 1 aliphatic carbocycles. The van der Waals surface area contributed by atoms with Crippen molar-refractivity contribution in [3.05, 3.63) is 59.7 Å². The van der Waals surface area contributed by atoms with Crippen molar-refractivity contribution in [2.24, 2.45) is 0 Å². The minimum Gasteiger partial charge on any atom is -0.508 e. The standard InChI is InChI=1S/C16H15NO2/c1-17(12-6-4-7-13(18)10-12)16(19)15-9-11-5-2-3-8-14(11)15/h2-8,10,15,18H,9H2,1H3. The summed E-state index contributed by atoms with van der Waals surface area (Å²) in [6, 6.07) is 14.8. The summed E-state index contributed by atoms with van der Waals surface area (Å²) in [4.78, 5) is 14.1. The van der Waals surface area contributed by atoms with E-state index in [1.165, 1.54) is 5.56 Å². The van der Waals surface area contributed by atoms with Gasteiger partial charge in [0, 0.05) is 18.8 Å². The third-order valence-electron chi connectivity index (χ3n) is 3.70. The van der Waals surface area contributed by atoms with Crippen molar-refractivity contribution < 1.29 is 9.90 Å². The summed E-state index contributed by atoms with van der Waals surface area (Å²) in [5.74, 6) is 0.194. The zero-order chi connectivity index (χ0) is 13.4. The average molecular weight is 253 g/mol. The number of benzene rings is 2. The van der Waals surface area contributed by atoms with Crippen LogP contribution in [0.4, 0.5) is 5.69 Å². The zero-order valence-electron chi connectivity index (χ0n) is 10.7. The highest BCUT2D eigenvalue weighted by Crippen LogP contribution is 2.36. The number of aromatic hydroxyl groups is 1. The van der Waals surface area contributed by atoms with Crippen LogP contribution in [0.25, 0.3) is 0 Å².